The number of anilines is 1. The van der Waals surface area contributed by atoms with Crippen LogP contribution in [0.2, 0.25) is 0 Å². The Labute approximate surface area is 88.3 Å². The summed E-state index contributed by atoms with van der Waals surface area (Å²) in [6.45, 7) is 3.37. The maximum atomic E-state index is 4.41. The van der Waals surface area contributed by atoms with Crippen molar-refractivity contribution in [2.24, 2.45) is 0 Å². The molecular formula is C11H14N4. The zero-order valence-electron chi connectivity index (χ0n) is 8.77. The predicted octanol–water partition coefficient (Wildman–Crippen LogP) is 1.95. The fraction of sp³-hybridized carbons (Fsp3) is 0.455. The van der Waals surface area contributed by atoms with E-state index in [4.69, 9.17) is 0 Å². The molecule has 4 heteroatoms. The minimum absolute atomic E-state index is 0.595. The second-order valence-electron chi connectivity index (χ2n) is 4.12. The van der Waals surface area contributed by atoms with Crippen LogP contribution in [0.3, 0.4) is 0 Å². The Bertz CT molecular complexity index is 476. The van der Waals surface area contributed by atoms with Crippen molar-refractivity contribution in [1.82, 2.24) is 15.0 Å². The van der Waals surface area contributed by atoms with Gasteiger partial charge in [0.2, 0.25) is 0 Å². The molecule has 15 heavy (non-hydrogen) atoms. The van der Waals surface area contributed by atoms with Gasteiger partial charge in [0.05, 0.1) is 5.39 Å². The van der Waals surface area contributed by atoms with Crippen molar-refractivity contribution >= 4 is 16.9 Å². The molecule has 2 aromatic heterocycles. The largest absolute Gasteiger partial charge is 0.353 e. The lowest BCUT2D eigenvalue weighted by atomic mass is 10.2. The fourth-order valence-electron chi connectivity index (χ4n) is 2.34. The van der Waals surface area contributed by atoms with Crippen LogP contribution in [0.4, 0.5) is 5.82 Å². The number of nitrogens with zero attached hydrogens (tertiary/aromatic N) is 3. The van der Waals surface area contributed by atoms with E-state index >= 15 is 0 Å². The third-order valence-corrected chi connectivity index (χ3v) is 3.16. The molecule has 0 saturated carbocycles. The zero-order valence-corrected chi connectivity index (χ0v) is 8.77. The Morgan fingerprint density at radius 2 is 2.40 bits per heavy atom. The smallest absolute Gasteiger partial charge is 0.142 e. The molecular weight excluding hydrogens is 188 g/mol. The van der Waals surface area contributed by atoms with Gasteiger partial charge in [0.15, 0.2) is 0 Å². The summed E-state index contributed by atoms with van der Waals surface area (Å²) in [5.41, 5.74) is 0.930. The van der Waals surface area contributed by atoms with Crippen LogP contribution in [0.15, 0.2) is 18.6 Å². The molecule has 1 unspecified atom stereocenters. The normalized spacial score (nSPS) is 21.4. The summed E-state index contributed by atoms with van der Waals surface area (Å²) >= 11 is 0. The molecule has 1 atom stereocenters. The molecule has 1 aliphatic heterocycles. The first-order valence-corrected chi connectivity index (χ1v) is 5.41. The van der Waals surface area contributed by atoms with Crippen molar-refractivity contribution < 1.29 is 0 Å². The van der Waals surface area contributed by atoms with Crippen LogP contribution >= 0.6 is 0 Å². The molecule has 0 spiro atoms. The maximum Gasteiger partial charge on any atom is 0.142 e. The lowest BCUT2D eigenvalue weighted by Gasteiger charge is -2.22. The molecule has 3 rings (SSSR count). The van der Waals surface area contributed by atoms with E-state index < -0.39 is 0 Å². The van der Waals surface area contributed by atoms with Crippen molar-refractivity contribution in [1.29, 1.82) is 0 Å². The molecule has 0 amide bonds. The second-order valence-corrected chi connectivity index (χ2v) is 4.12. The summed E-state index contributed by atoms with van der Waals surface area (Å²) in [5.74, 6) is 1.08. The first kappa shape index (κ1) is 8.71. The number of hydrogen-bond donors (Lipinski definition) is 1. The summed E-state index contributed by atoms with van der Waals surface area (Å²) in [6.07, 6.45) is 6.08. The van der Waals surface area contributed by atoms with Gasteiger partial charge in [0, 0.05) is 18.8 Å². The average molecular weight is 202 g/mol. The molecule has 0 aromatic carbocycles. The van der Waals surface area contributed by atoms with Crippen molar-refractivity contribution in [3.05, 3.63) is 18.6 Å². The van der Waals surface area contributed by atoms with Gasteiger partial charge < -0.3 is 9.88 Å². The van der Waals surface area contributed by atoms with Crippen LogP contribution in [0.5, 0.6) is 0 Å². The van der Waals surface area contributed by atoms with Crippen molar-refractivity contribution in [3.63, 3.8) is 0 Å². The Morgan fingerprint density at radius 1 is 1.47 bits per heavy atom. The third-order valence-electron chi connectivity index (χ3n) is 3.16. The molecule has 0 bridgehead atoms. The highest BCUT2D eigenvalue weighted by Gasteiger charge is 2.23. The SMILES string of the molecule is CC1CCCN1c1ncnc2[nH]ccc12. The lowest BCUT2D eigenvalue weighted by Crippen LogP contribution is -2.27. The molecule has 0 radical (unpaired) electrons. The van der Waals surface area contributed by atoms with Gasteiger partial charge in [-0.1, -0.05) is 0 Å². The standard InChI is InChI=1S/C11H14N4/c1-8-3-2-6-15(8)11-9-4-5-12-10(9)13-7-14-11/h4-5,7-8H,2-3,6H2,1H3,(H,12,13,14). The van der Waals surface area contributed by atoms with Gasteiger partial charge in [-0.15, -0.1) is 0 Å². The van der Waals surface area contributed by atoms with Crippen LogP contribution < -0.4 is 4.90 Å². The predicted molar refractivity (Wildman–Crippen MR) is 59.9 cm³/mol. The summed E-state index contributed by atoms with van der Waals surface area (Å²) in [7, 11) is 0. The van der Waals surface area contributed by atoms with E-state index in [0.717, 1.165) is 23.4 Å². The Kier molecular flexibility index (Phi) is 1.87. The van der Waals surface area contributed by atoms with Gasteiger partial charge in [-0.3, -0.25) is 0 Å². The van der Waals surface area contributed by atoms with E-state index in [1.54, 1.807) is 6.33 Å². The number of H-pyrrole nitrogens is 1. The van der Waals surface area contributed by atoms with E-state index in [0.29, 0.717) is 6.04 Å². The van der Waals surface area contributed by atoms with E-state index in [1.165, 1.54) is 12.8 Å². The topological polar surface area (TPSA) is 44.8 Å². The molecule has 78 valence electrons. The van der Waals surface area contributed by atoms with Gasteiger partial charge >= 0.3 is 0 Å². The van der Waals surface area contributed by atoms with Crippen molar-refractivity contribution in [2.75, 3.05) is 11.4 Å². The van der Waals surface area contributed by atoms with Gasteiger partial charge in [-0.25, -0.2) is 9.97 Å². The second kappa shape index (κ2) is 3.22. The van der Waals surface area contributed by atoms with Crippen LogP contribution in [-0.2, 0) is 0 Å². The number of aromatic nitrogens is 3. The summed E-state index contributed by atoms with van der Waals surface area (Å²) in [4.78, 5) is 14.1. The molecule has 1 N–H and O–H groups in total. The highest BCUT2D eigenvalue weighted by molar-refractivity contribution is 5.87. The monoisotopic (exact) mass is 202 g/mol. The van der Waals surface area contributed by atoms with Gasteiger partial charge in [-0.2, -0.15) is 0 Å². The highest BCUT2D eigenvalue weighted by Crippen LogP contribution is 2.28. The molecule has 1 aliphatic rings. The van der Waals surface area contributed by atoms with E-state index in [9.17, 15) is 0 Å². The molecule has 4 nitrogen and oxygen atoms in total. The minimum atomic E-state index is 0.595. The van der Waals surface area contributed by atoms with Gasteiger partial charge in [0.1, 0.15) is 17.8 Å². The molecule has 2 aromatic rings. The van der Waals surface area contributed by atoms with Crippen molar-refractivity contribution in [2.45, 2.75) is 25.8 Å². The molecule has 0 aliphatic carbocycles. The Balaban J connectivity index is 2.13. The number of rotatable bonds is 1. The molecule has 3 heterocycles. The third kappa shape index (κ3) is 1.28. The molecule has 1 saturated heterocycles. The summed E-state index contributed by atoms with van der Waals surface area (Å²) < 4.78 is 0. The summed E-state index contributed by atoms with van der Waals surface area (Å²) in [5, 5.41) is 1.13. The number of hydrogen-bond acceptors (Lipinski definition) is 3. The minimum Gasteiger partial charge on any atom is -0.353 e. The fourth-order valence-corrected chi connectivity index (χ4v) is 2.34. The van der Waals surface area contributed by atoms with E-state index in [2.05, 4.69) is 32.8 Å². The van der Waals surface area contributed by atoms with E-state index in [-0.39, 0.29) is 0 Å². The van der Waals surface area contributed by atoms with Gasteiger partial charge in [-0.05, 0) is 25.8 Å². The first-order valence-electron chi connectivity index (χ1n) is 5.41. The number of fused-ring (bicyclic) bond motifs is 1. The summed E-state index contributed by atoms with van der Waals surface area (Å²) in [6, 6.07) is 2.65. The van der Waals surface area contributed by atoms with Gasteiger partial charge in [0.25, 0.3) is 0 Å². The Hall–Kier alpha value is -1.58. The van der Waals surface area contributed by atoms with E-state index in [1.807, 2.05) is 6.20 Å². The average Bonchev–Trinajstić information content (AvgIpc) is 2.85. The first-order chi connectivity index (χ1) is 7.36. The quantitative estimate of drug-likeness (QED) is 0.768. The number of aromatic amines is 1. The van der Waals surface area contributed by atoms with Crippen LogP contribution in [0.1, 0.15) is 19.8 Å². The van der Waals surface area contributed by atoms with Crippen LogP contribution in [0.25, 0.3) is 11.0 Å². The zero-order chi connectivity index (χ0) is 10.3. The Morgan fingerprint density at radius 3 is 3.20 bits per heavy atom. The lowest BCUT2D eigenvalue weighted by molar-refractivity contribution is 0.729. The maximum absolute atomic E-state index is 4.41. The highest BCUT2D eigenvalue weighted by atomic mass is 15.2. The van der Waals surface area contributed by atoms with Crippen LogP contribution in [-0.4, -0.2) is 27.5 Å². The molecule has 1 fully saturated rings. The number of nitrogens with one attached hydrogen (secondary N) is 1. The van der Waals surface area contributed by atoms with Crippen LogP contribution in [0, 0.1) is 0 Å². The van der Waals surface area contributed by atoms with Crippen molar-refractivity contribution in [3.8, 4) is 0 Å².